The van der Waals surface area contributed by atoms with Crippen molar-refractivity contribution in [1.82, 2.24) is 15.4 Å². The summed E-state index contributed by atoms with van der Waals surface area (Å²) < 4.78 is 0.514. The van der Waals surface area contributed by atoms with Crippen LogP contribution in [0.3, 0.4) is 0 Å². The number of hydrazone groups is 1. The molecule has 0 bridgehead atoms. The maximum Gasteiger partial charge on any atom is 0.346 e. The molecular weight excluding hydrogens is 408 g/mol. The molecule has 1 amide bonds. The first-order chi connectivity index (χ1) is 12.0. The van der Waals surface area contributed by atoms with Crippen LogP contribution in [0.15, 0.2) is 56.1 Å². The fourth-order valence-electron chi connectivity index (χ4n) is 1.96. The summed E-state index contributed by atoms with van der Waals surface area (Å²) >= 11 is 4.63. The van der Waals surface area contributed by atoms with Gasteiger partial charge in [0.2, 0.25) is 0 Å². The minimum Gasteiger partial charge on any atom is -0.507 e. The average Bonchev–Trinajstić information content (AvgIpc) is 3.12. The molecule has 0 unspecified atom stereocenters. The highest BCUT2D eigenvalue weighted by atomic mass is 79.9. The van der Waals surface area contributed by atoms with E-state index < -0.39 is 11.6 Å². The van der Waals surface area contributed by atoms with Gasteiger partial charge in [-0.2, -0.15) is 10.1 Å². The van der Waals surface area contributed by atoms with E-state index in [1.807, 2.05) is 17.5 Å². The van der Waals surface area contributed by atoms with Crippen LogP contribution < -0.4 is 11.1 Å². The minimum absolute atomic E-state index is 0.0313. The second kappa shape index (κ2) is 7.41. The molecule has 0 radical (unpaired) electrons. The molecule has 3 N–H and O–H groups in total. The lowest BCUT2D eigenvalue weighted by Gasteiger charge is -2.02. The second-order valence-corrected chi connectivity index (χ2v) is 6.67. The number of H-pyrrole nitrogens is 1. The van der Waals surface area contributed by atoms with Gasteiger partial charge in [-0.25, -0.2) is 10.2 Å². The van der Waals surface area contributed by atoms with E-state index in [-0.39, 0.29) is 11.4 Å². The number of thiophene rings is 1. The molecule has 2 heterocycles. The van der Waals surface area contributed by atoms with E-state index in [0.717, 1.165) is 4.88 Å². The van der Waals surface area contributed by atoms with Crippen molar-refractivity contribution in [2.24, 2.45) is 5.10 Å². The molecule has 0 fully saturated rings. The Balaban J connectivity index is 1.76. The van der Waals surface area contributed by atoms with E-state index in [2.05, 4.69) is 36.4 Å². The van der Waals surface area contributed by atoms with Crippen LogP contribution >= 0.6 is 27.3 Å². The Labute approximate surface area is 154 Å². The molecule has 0 aliphatic heterocycles. The number of carbonyl (C=O) groups is 1. The number of amides is 1. The van der Waals surface area contributed by atoms with E-state index in [0.29, 0.717) is 15.7 Å². The van der Waals surface area contributed by atoms with Crippen LogP contribution in [0.4, 0.5) is 0 Å². The van der Waals surface area contributed by atoms with Crippen LogP contribution in [0, 0.1) is 0 Å². The van der Waals surface area contributed by atoms with Crippen LogP contribution in [0.5, 0.6) is 5.75 Å². The van der Waals surface area contributed by atoms with Gasteiger partial charge < -0.3 is 10.1 Å². The molecule has 0 aliphatic carbocycles. The second-order valence-electron chi connectivity index (χ2n) is 4.87. The number of benzene rings is 1. The van der Waals surface area contributed by atoms with Gasteiger partial charge in [0.15, 0.2) is 0 Å². The molecule has 1 aromatic carbocycles. The van der Waals surface area contributed by atoms with Crippen LogP contribution in [0.2, 0.25) is 0 Å². The van der Waals surface area contributed by atoms with Crippen LogP contribution in [0.25, 0.3) is 10.6 Å². The highest BCUT2D eigenvalue weighted by Crippen LogP contribution is 2.23. The van der Waals surface area contributed by atoms with Crippen molar-refractivity contribution in [3.8, 4) is 16.3 Å². The summed E-state index contributed by atoms with van der Waals surface area (Å²) in [6.45, 7) is 0. The molecule has 3 aromatic rings. The number of nitrogens with zero attached hydrogens (tertiary/aromatic N) is 2. The smallest absolute Gasteiger partial charge is 0.346 e. The van der Waals surface area contributed by atoms with Gasteiger partial charge in [-0.15, -0.1) is 11.3 Å². The van der Waals surface area contributed by atoms with Gasteiger partial charge in [0.05, 0.1) is 21.3 Å². The summed E-state index contributed by atoms with van der Waals surface area (Å²) in [5.74, 6) is -0.493. The van der Waals surface area contributed by atoms with E-state index >= 15 is 0 Å². The van der Waals surface area contributed by atoms with E-state index in [1.165, 1.54) is 29.7 Å². The zero-order valence-electron chi connectivity index (χ0n) is 12.6. The monoisotopic (exact) mass is 418 g/mol. The predicted octanol–water partition coefficient (Wildman–Crippen LogP) is 2.73. The van der Waals surface area contributed by atoms with Crippen LogP contribution in [0.1, 0.15) is 16.1 Å². The summed E-state index contributed by atoms with van der Waals surface area (Å²) in [7, 11) is 0. The summed E-state index contributed by atoms with van der Waals surface area (Å²) in [6, 6.07) is 9.95. The molecule has 3 rings (SSSR count). The van der Waals surface area contributed by atoms with Crippen molar-refractivity contribution in [3.05, 3.63) is 68.0 Å². The molecule has 0 saturated heterocycles. The first kappa shape index (κ1) is 17.1. The van der Waals surface area contributed by atoms with Crippen molar-refractivity contribution >= 4 is 39.4 Å². The fourth-order valence-corrected chi connectivity index (χ4v) is 3.06. The number of carbonyl (C=O) groups excluding carboxylic acids is 1. The Morgan fingerprint density at radius 1 is 1.36 bits per heavy atom. The Kier molecular flexibility index (Phi) is 5.05. The summed E-state index contributed by atoms with van der Waals surface area (Å²) in [5, 5.41) is 15.1. The number of hydrogen-bond donors (Lipinski definition) is 3. The topological polar surface area (TPSA) is 107 Å². The molecule has 2 aromatic heterocycles. The Hall–Kier alpha value is -2.78. The normalized spacial score (nSPS) is 10.9. The third kappa shape index (κ3) is 4.20. The van der Waals surface area contributed by atoms with Crippen molar-refractivity contribution in [2.45, 2.75) is 0 Å². The minimum atomic E-state index is -0.609. The lowest BCUT2D eigenvalue weighted by atomic mass is 10.2. The maximum atomic E-state index is 12.1. The largest absolute Gasteiger partial charge is 0.507 e. The zero-order chi connectivity index (χ0) is 17.8. The quantitative estimate of drug-likeness (QED) is 0.447. The molecule has 9 heteroatoms. The van der Waals surface area contributed by atoms with Gasteiger partial charge in [0, 0.05) is 0 Å². The molecule has 25 heavy (non-hydrogen) atoms. The van der Waals surface area contributed by atoms with Crippen LogP contribution in [-0.4, -0.2) is 27.2 Å². The van der Waals surface area contributed by atoms with Gasteiger partial charge >= 0.3 is 5.69 Å². The first-order valence-corrected chi connectivity index (χ1v) is 8.67. The third-order valence-corrected chi connectivity index (χ3v) is 4.65. The molecular formula is C16H11BrN4O3S. The van der Waals surface area contributed by atoms with Crippen molar-refractivity contribution in [1.29, 1.82) is 0 Å². The van der Waals surface area contributed by atoms with Gasteiger partial charge in [0.25, 0.3) is 5.91 Å². The third-order valence-electron chi connectivity index (χ3n) is 3.12. The lowest BCUT2D eigenvalue weighted by molar-refractivity contribution is 0.0949. The number of rotatable bonds is 4. The van der Waals surface area contributed by atoms with E-state index in [9.17, 15) is 14.7 Å². The van der Waals surface area contributed by atoms with Crippen molar-refractivity contribution in [2.75, 3.05) is 0 Å². The molecule has 0 atom stereocenters. The Morgan fingerprint density at radius 3 is 2.92 bits per heavy atom. The zero-order valence-corrected chi connectivity index (χ0v) is 15.0. The first-order valence-electron chi connectivity index (χ1n) is 7.00. The number of halogens is 1. The van der Waals surface area contributed by atoms with E-state index in [4.69, 9.17) is 0 Å². The SMILES string of the molecule is O=C(N/N=C/c1ccc(O)c(Br)c1)c1cc(-c2cccs2)[nH]c(=O)n1. The number of phenolic OH excluding ortho intramolecular Hbond substituents is 1. The number of nitrogens with one attached hydrogen (secondary N) is 2. The van der Waals surface area contributed by atoms with Crippen molar-refractivity contribution < 1.29 is 9.90 Å². The summed E-state index contributed by atoms with van der Waals surface area (Å²) in [6.07, 6.45) is 1.41. The van der Waals surface area contributed by atoms with Gasteiger partial charge in [-0.05, 0) is 57.2 Å². The Bertz CT molecular complexity index is 999. The Morgan fingerprint density at radius 2 is 2.20 bits per heavy atom. The fraction of sp³-hybridized carbons (Fsp3) is 0. The molecule has 126 valence electrons. The van der Waals surface area contributed by atoms with Crippen molar-refractivity contribution in [3.63, 3.8) is 0 Å². The average molecular weight is 419 g/mol. The highest BCUT2D eigenvalue weighted by Gasteiger charge is 2.11. The van der Waals surface area contributed by atoms with Gasteiger partial charge in [-0.3, -0.25) is 4.79 Å². The van der Waals surface area contributed by atoms with E-state index in [1.54, 1.807) is 12.1 Å². The number of aromatic hydroxyl groups is 1. The molecule has 0 spiro atoms. The molecule has 7 nitrogen and oxygen atoms in total. The van der Waals surface area contributed by atoms with Gasteiger partial charge in [0.1, 0.15) is 11.4 Å². The summed E-state index contributed by atoms with van der Waals surface area (Å²) in [4.78, 5) is 30.9. The molecule has 0 saturated carbocycles. The predicted molar refractivity (Wildman–Crippen MR) is 99.0 cm³/mol. The highest BCUT2D eigenvalue weighted by molar-refractivity contribution is 9.10. The number of aromatic nitrogens is 2. The number of hydrogen-bond acceptors (Lipinski definition) is 6. The molecule has 0 aliphatic rings. The standard InChI is InChI=1S/C16H11BrN4O3S/c17-10-6-9(3-4-13(10)22)8-18-21-15(23)12-7-11(19-16(24)20-12)14-2-1-5-25-14/h1-8,22H,(H,21,23)(H,19,20,24)/b18-8+. The summed E-state index contributed by atoms with van der Waals surface area (Å²) in [5.41, 5.74) is 2.87. The lowest BCUT2D eigenvalue weighted by Crippen LogP contribution is -2.24. The maximum absolute atomic E-state index is 12.1. The number of phenols is 1. The van der Waals surface area contributed by atoms with Gasteiger partial charge in [-0.1, -0.05) is 6.07 Å². The number of aromatic amines is 1. The van der Waals surface area contributed by atoms with Crippen LogP contribution in [-0.2, 0) is 0 Å².